The number of nitrogens with zero attached hydrogens (tertiary/aromatic N) is 3. The minimum Gasteiger partial charge on any atom is -0.370 e. The summed E-state index contributed by atoms with van der Waals surface area (Å²) in [4.78, 5) is 14.3. The molecule has 0 saturated carbocycles. The number of hydrogen-bond donors (Lipinski definition) is 1. The lowest BCUT2D eigenvalue weighted by Gasteiger charge is -2.18. The van der Waals surface area contributed by atoms with Crippen molar-refractivity contribution >= 4 is 5.69 Å². The van der Waals surface area contributed by atoms with Crippen LogP contribution in [0.3, 0.4) is 0 Å². The van der Waals surface area contributed by atoms with Crippen molar-refractivity contribution in [3.8, 4) is 0 Å². The maximum absolute atomic E-state index is 12.0. The molecule has 2 fully saturated rings. The van der Waals surface area contributed by atoms with Gasteiger partial charge in [-0.3, -0.25) is 4.79 Å². The highest BCUT2D eigenvalue weighted by atomic mass is 16.1. The number of anilines is 1. The predicted molar refractivity (Wildman–Crippen MR) is 71.0 cm³/mol. The third-order valence-corrected chi connectivity index (χ3v) is 3.88. The fourth-order valence-corrected chi connectivity index (χ4v) is 2.83. The third kappa shape index (κ3) is 2.41. The lowest BCUT2D eigenvalue weighted by molar-refractivity contribution is 0.459. The average Bonchev–Trinajstić information content (AvgIpc) is 3.04. The first-order chi connectivity index (χ1) is 8.83. The molecule has 5 nitrogen and oxygen atoms in total. The topological polar surface area (TPSA) is 50.2 Å². The van der Waals surface area contributed by atoms with E-state index in [-0.39, 0.29) is 5.56 Å². The van der Waals surface area contributed by atoms with Crippen molar-refractivity contribution in [2.75, 3.05) is 24.5 Å². The maximum Gasteiger partial charge on any atom is 0.268 e. The summed E-state index contributed by atoms with van der Waals surface area (Å²) in [6.07, 6.45) is 6.61. The molecule has 1 N–H and O–H groups in total. The summed E-state index contributed by atoms with van der Waals surface area (Å²) in [5, 5.41) is 7.70. The van der Waals surface area contributed by atoms with Crippen molar-refractivity contribution in [1.29, 1.82) is 0 Å². The van der Waals surface area contributed by atoms with Gasteiger partial charge in [0, 0.05) is 25.2 Å². The SMILES string of the molecule is O=c1cc(N2CCCC2)cnn1C[C@H]1CCCN1. The lowest BCUT2D eigenvalue weighted by atomic mass is 10.2. The average molecular weight is 248 g/mol. The monoisotopic (exact) mass is 248 g/mol. The van der Waals surface area contributed by atoms with Crippen LogP contribution < -0.4 is 15.8 Å². The van der Waals surface area contributed by atoms with Crippen LogP contribution in [0.1, 0.15) is 25.7 Å². The van der Waals surface area contributed by atoms with Crippen molar-refractivity contribution in [2.45, 2.75) is 38.3 Å². The van der Waals surface area contributed by atoms with Crippen LogP contribution in [0.25, 0.3) is 0 Å². The molecule has 0 amide bonds. The quantitative estimate of drug-likeness (QED) is 0.851. The summed E-state index contributed by atoms with van der Waals surface area (Å²) >= 11 is 0. The van der Waals surface area contributed by atoms with Gasteiger partial charge in [-0.1, -0.05) is 0 Å². The van der Waals surface area contributed by atoms with Crippen LogP contribution in [0, 0.1) is 0 Å². The standard InChI is InChI=1S/C13H20N4O/c18-13-8-12(16-6-1-2-7-16)9-15-17(13)10-11-4-3-5-14-11/h8-9,11,14H,1-7,10H2/t11-/m1/s1. The van der Waals surface area contributed by atoms with Crippen molar-refractivity contribution in [2.24, 2.45) is 0 Å². The first-order valence-electron chi connectivity index (χ1n) is 6.88. The summed E-state index contributed by atoms with van der Waals surface area (Å²) in [6.45, 7) is 3.86. The van der Waals surface area contributed by atoms with Gasteiger partial charge in [-0.15, -0.1) is 0 Å². The molecule has 18 heavy (non-hydrogen) atoms. The van der Waals surface area contributed by atoms with E-state index in [1.165, 1.54) is 19.3 Å². The predicted octanol–water partition coefficient (Wildman–Crippen LogP) is 0.595. The Bertz CT molecular complexity index is 458. The van der Waals surface area contributed by atoms with Gasteiger partial charge in [0.2, 0.25) is 0 Å². The van der Waals surface area contributed by atoms with Crippen LogP contribution in [0.5, 0.6) is 0 Å². The number of aromatic nitrogens is 2. The molecular formula is C13H20N4O. The van der Waals surface area contributed by atoms with Crippen molar-refractivity contribution in [3.63, 3.8) is 0 Å². The summed E-state index contributed by atoms with van der Waals surface area (Å²) in [5.74, 6) is 0. The molecule has 5 heteroatoms. The van der Waals surface area contributed by atoms with Gasteiger partial charge in [0.1, 0.15) is 0 Å². The van der Waals surface area contributed by atoms with Crippen LogP contribution >= 0.6 is 0 Å². The second kappa shape index (κ2) is 5.10. The Morgan fingerprint density at radius 1 is 1.33 bits per heavy atom. The molecule has 0 aliphatic carbocycles. The Balaban J connectivity index is 1.73. The van der Waals surface area contributed by atoms with Gasteiger partial charge >= 0.3 is 0 Å². The molecule has 1 aromatic rings. The molecule has 2 aliphatic heterocycles. The first kappa shape index (κ1) is 11.7. The highest BCUT2D eigenvalue weighted by Gasteiger charge is 2.17. The van der Waals surface area contributed by atoms with Crippen LogP contribution in [0.15, 0.2) is 17.1 Å². The largest absolute Gasteiger partial charge is 0.370 e. The molecule has 1 aromatic heterocycles. The molecule has 0 bridgehead atoms. The van der Waals surface area contributed by atoms with Crippen LogP contribution in [0.2, 0.25) is 0 Å². The van der Waals surface area contributed by atoms with E-state index in [4.69, 9.17) is 0 Å². The smallest absolute Gasteiger partial charge is 0.268 e. The molecular weight excluding hydrogens is 228 g/mol. The van der Waals surface area contributed by atoms with E-state index in [0.717, 1.165) is 31.7 Å². The number of rotatable bonds is 3. The van der Waals surface area contributed by atoms with E-state index in [0.29, 0.717) is 12.6 Å². The summed E-state index contributed by atoms with van der Waals surface area (Å²) in [5.41, 5.74) is 1.00. The van der Waals surface area contributed by atoms with Crippen molar-refractivity contribution in [3.05, 3.63) is 22.6 Å². The Hall–Kier alpha value is -1.36. The molecule has 3 heterocycles. The Morgan fingerprint density at radius 3 is 2.83 bits per heavy atom. The van der Waals surface area contributed by atoms with Crippen LogP contribution in [0.4, 0.5) is 5.69 Å². The van der Waals surface area contributed by atoms with Crippen molar-refractivity contribution in [1.82, 2.24) is 15.1 Å². The highest BCUT2D eigenvalue weighted by Crippen LogP contribution is 2.17. The van der Waals surface area contributed by atoms with Crippen LogP contribution in [-0.2, 0) is 6.54 Å². The first-order valence-corrected chi connectivity index (χ1v) is 6.88. The van der Waals surface area contributed by atoms with Crippen LogP contribution in [-0.4, -0.2) is 35.5 Å². The minimum atomic E-state index is 0.0214. The second-order valence-corrected chi connectivity index (χ2v) is 5.22. The Labute approximate surface area is 107 Å². The van der Waals surface area contributed by atoms with E-state index in [2.05, 4.69) is 15.3 Å². The third-order valence-electron chi connectivity index (χ3n) is 3.88. The minimum absolute atomic E-state index is 0.0214. The van der Waals surface area contributed by atoms with Gasteiger partial charge in [-0.05, 0) is 32.2 Å². The lowest BCUT2D eigenvalue weighted by Crippen LogP contribution is -2.34. The molecule has 3 rings (SSSR count). The number of hydrogen-bond acceptors (Lipinski definition) is 4. The second-order valence-electron chi connectivity index (χ2n) is 5.22. The fraction of sp³-hybridized carbons (Fsp3) is 0.692. The van der Waals surface area contributed by atoms with E-state index < -0.39 is 0 Å². The molecule has 2 saturated heterocycles. The molecule has 0 aromatic carbocycles. The van der Waals surface area contributed by atoms with Gasteiger partial charge < -0.3 is 10.2 Å². The van der Waals surface area contributed by atoms with E-state index in [1.54, 1.807) is 10.7 Å². The molecule has 0 unspecified atom stereocenters. The molecule has 1 atom stereocenters. The van der Waals surface area contributed by atoms with Gasteiger partial charge in [0.05, 0.1) is 18.4 Å². The van der Waals surface area contributed by atoms with Crippen molar-refractivity contribution < 1.29 is 0 Å². The maximum atomic E-state index is 12.0. The zero-order valence-corrected chi connectivity index (χ0v) is 10.6. The summed E-state index contributed by atoms with van der Waals surface area (Å²) < 4.78 is 1.59. The Kier molecular flexibility index (Phi) is 3.32. The number of nitrogens with one attached hydrogen (secondary N) is 1. The normalized spacial score (nSPS) is 23.8. The Morgan fingerprint density at radius 2 is 2.17 bits per heavy atom. The van der Waals surface area contributed by atoms with Gasteiger partial charge in [-0.25, -0.2) is 4.68 Å². The van der Waals surface area contributed by atoms with Gasteiger partial charge in [0.15, 0.2) is 0 Å². The van der Waals surface area contributed by atoms with Gasteiger partial charge in [0.25, 0.3) is 5.56 Å². The fourth-order valence-electron chi connectivity index (χ4n) is 2.83. The zero-order chi connectivity index (χ0) is 12.4. The van der Waals surface area contributed by atoms with E-state index >= 15 is 0 Å². The van der Waals surface area contributed by atoms with E-state index in [1.807, 2.05) is 6.20 Å². The molecule has 2 aliphatic rings. The van der Waals surface area contributed by atoms with Gasteiger partial charge in [-0.2, -0.15) is 5.10 Å². The van der Waals surface area contributed by atoms with E-state index in [9.17, 15) is 4.79 Å². The summed E-state index contributed by atoms with van der Waals surface area (Å²) in [7, 11) is 0. The molecule has 0 spiro atoms. The molecule has 98 valence electrons. The zero-order valence-electron chi connectivity index (χ0n) is 10.6. The highest BCUT2D eigenvalue weighted by molar-refractivity contribution is 5.43. The molecule has 0 radical (unpaired) electrons. The summed E-state index contributed by atoms with van der Waals surface area (Å²) in [6, 6.07) is 2.14.